The number of hydrogen-bond donors (Lipinski definition) is 1. The number of carbonyl (C=O) groups is 3. The van der Waals surface area contributed by atoms with Crippen LogP contribution in [0.5, 0.6) is 5.75 Å². The van der Waals surface area contributed by atoms with E-state index < -0.39 is 17.5 Å². The van der Waals surface area contributed by atoms with Crippen molar-refractivity contribution in [2.45, 2.75) is 44.8 Å². The average Bonchev–Trinajstić information content (AvgIpc) is 3.57. The molecule has 1 N–H and O–H groups in total. The fourth-order valence-corrected chi connectivity index (χ4v) is 3.88. The quantitative estimate of drug-likeness (QED) is 0.697. The minimum atomic E-state index is -1.18. The van der Waals surface area contributed by atoms with Gasteiger partial charge >= 0.3 is 6.03 Å². The van der Waals surface area contributed by atoms with Gasteiger partial charge in [-0.15, -0.1) is 0 Å². The summed E-state index contributed by atoms with van der Waals surface area (Å²) in [6, 6.07) is 14.6. The number of nitrogens with zero attached hydrogens (tertiary/aromatic N) is 2. The van der Waals surface area contributed by atoms with E-state index in [0.29, 0.717) is 12.1 Å². The largest absolute Gasteiger partial charge is 0.497 e. The van der Waals surface area contributed by atoms with Gasteiger partial charge in [0.05, 0.1) is 7.11 Å². The lowest BCUT2D eigenvalue weighted by Crippen LogP contribution is -2.45. The molecule has 2 aromatic carbocycles. The van der Waals surface area contributed by atoms with Crippen molar-refractivity contribution in [2.24, 2.45) is 0 Å². The number of hydrogen-bond acceptors (Lipinski definition) is 4. The maximum absolute atomic E-state index is 13.2. The standard InChI is InChI=1S/C24H27N3O4/c1-16-4-8-18(9-5-16)24(2)22(29)27(23(30)25-24)15-21(28)26(19-10-11-19)14-17-6-12-20(31-3)13-7-17/h4-9,12-13,19H,10-11,14-15H2,1-3H3,(H,25,30). The summed E-state index contributed by atoms with van der Waals surface area (Å²) in [5.41, 5.74) is 1.56. The maximum Gasteiger partial charge on any atom is 0.325 e. The molecule has 31 heavy (non-hydrogen) atoms. The highest BCUT2D eigenvalue weighted by molar-refractivity contribution is 6.09. The Balaban J connectivity index is 1.48. The van der Waals surface area contributed by atoms with Crippen molar-refractivity contribution in [2.75, 3.05) is 13.7 Å². The van der Waals surface area contributed by atoms with E-state index in [0.717, 1.165) is 34.6 Å². The molecule has 1 atom stereocenters. The summed E-state index contributed by atoms with van der Waals surface area (Å²) in [5.74, 6) is 0.118. The van der Waals surface area contributed by atoms with E-state index in [-0.39, 0.29) is 18.5 Å². The van der Waals surface area contributed by atoms with E-state index in [4.69, 9.17) is 4.74 Å². The highest BCUT2D eigenvalue weighted by Crippen LogP contribution is 2.31. The number of amides is 4. The molecule has 2 aromatic rings. The van der Waals surface area contributed by atoms with Crippen molar-refractivity contribution in [3.63, 3.8) is 0 Å². The van der Waals surface area contributed by atoms with Crippen LogP contribution in [0.1, 0.15) is 36.5 Å². The van der Waals surface area contributed by atoms with Crippen LogP contribution >= 0.6 is 0 Å². The Morgan fingerprint density at radius 1 is 1.13 bits per heavy atom. The highest BCUT2D eigenvalue weighted by Gasteiger charge is 2.50. The Kier molecular flexibility index (Phi) is 5.43. The van der Waals surface area contributed by atoms with E-state index in [9.17, 15) is 14.4 Å². The Labute approximate surface area is 182 Å². The molecule has 2 aliphatic rings. The van der Waals surface area contributed by atoms with Crippen LogP contribution < -0.4 is 10.1 Å². The van der Waals surface area contributed by atoms with Crippen LogP contribution in [0.15, 0.2) is 48.5 Å². The molecule has 1 saturated carbocycles. The first-order valence-electron chi connectivity index (χ1n) is 10.5. The van der Waals surface area contributed by atoms with Gasteiger partial charge < -0.3 is 15.0 Å². The number of benzene rings is 2. The fraction of sp³-hybridized carbons (Fsp3) is 0.375. The zero-order valence-electron chi connectivity index (χ0n) is 18.1. The highest BCUT2D eigenvalue weighted by atomic mass is 16.5. The predicted octanol–water partition coefficient (Wildman–Crippen LogP) is 2.96. The molecule has 0 radical (unpaired) electrons. The molecule has 4 amide bonds. The number of methoxy groups -OCH3 is 1. The second kappa shape index (κ2) is 8.06. The minimum absolute atomic E-state index is 0.152. The number of urea groups is 1. The molecular weight excluding hydrogens is 394 g/mol. The van der Waals surface area contributed by atoms with Crippen molar-refractivity contribution in [1.29, 1.82) is 0 Å². The smallest absolute Gasteiger partial charge is 0.325 e. The molecule has 0 spiro atoms. The first kappa shape index (κ1) is 20.9. The number of nitrogens with one attached hydrogen (secondary N) is 1. The number of imide groups is 1. The van der Waals surface area contributed by atoms with E-state index >= 15 is 0 Å². The number of ether oxygens (including phenoxy) is 1. The van der Waals surface area contributed by atoms with Crippen LogP contribution in [0.4, 0.5) is 4.79 Å². The van der Waals surface area contributed by atoms with Crippen LogP contribution in [0.3, 0.4) is 0 Å². The normalized spacial score (nSPS) is 20.5. The lowest BCUT2D eigenvalue weighted by Gasteiger charge is -2.25. The van der Waals surface area contributed by atoms with Gasteiger partial charge in [0.1, 0.15) is 17.8 Å². The molecular formula is C24H27N3O4. The lowest BCUT2D eigenvalue weighted by atomic mass is 9.91. The van der Waals surface area contributed by atoms with Crippen LogP contribution in [-0.4, -0.2) is 47.3 Å². The number of rotatable bonds is 7. The summed E-state index contributed by atoms with van der Waals surface area (Å²) < 4.78 is 5.19. The second-order valence-corrected chi connectivity index (χ2v) is 8.41. The van der Waals surface area contributed by atoms with Gasteiger partial charge in [-0.2, -0.15) is 0 Å². The van der Waals surface area contributed by atoms with Crippen LogP contribution in [0.2, 0.25) is 0 Å². The van der Waals surface area contributed by atoms with Gasteiger partial charge in [-0.25, -0.2) is 4.79 Å². The third-order valence-electron chi connectivity index (χ3n) is 6.02. The van der Waals surface area contributed by atoms with Crippen LogP contribution in [0, 0.1) is 6.92 Å². The molecule has 1 aliphatic heterocycles. The monoisotopic (exact) mass is 421 g/mol. The van der Waals surface area contributed by atoms with E-state index in [1.54, 1.807) is 18.9 Å². The molecule has 7 heteroatoms. The van der Waals surface area contributed by atoms with Gasteiger partial charge in [0.2, 0.25) is 5.91 Å². The molecule has 2 fully saturated rings. The van der Waals surface area contributed by atoms with Gasteiger partial charge in [0, 0.05) is 12.6 Å². The van der Waals surface area contributed by atoms with E-state index in [1.807, 2.05) is 55.5 Å². The molecule has 1 heterocycles. The summed E-state index contributed by atoms with van der Waals surface area (Å²) >= 11 is 0. The lowest BCUT2D eigenvalue weighted by molar-refractivity contribution is -0.139. The summed E-state index contributed by atoms with van der Waals surface area (Å²) in [6.07, 6.45) is 1.87. The molecule has 7 nitrogen and oxygen atoms in total. The zero-order chi connectivity index (χ0) is 22.2. The minimum Gasteiger partial charge on any atom is -0.497 e. The first-order valence-corrected chi connectivity index (χ1v) is 10.5. The SMILES string of the molecule is COc1ccc(CN(C(=O)CN2C(=O)NC(C)(c3ccc(C)cc3)C2=O)C2CC2)cc1. The Bertz CT molecular complexity index is 998. The van der Waals surface area contributed by atoms with E-state index in [1.165, 1.54) is 0 Å². The molecule has 1 aliphatic carbocycles. The van der Waals surface area contributed by atoms with Crippen LogP contribution in [-0.2, 0) is 21.7 Å². The Hall–Kier alpha value is -3.35. The van der Waals surface area contributed by atoms with Crippen LogP contribution in [0.25, 0.3) is 0 Å². The molecule has 4 rings (SSSR count). The van der Waals surface area contributed by atoms with Gasteiger partial charge in [-0.1, -0.05) is 42.0 Å². The van der Waals surface area contributed by atoms with Crippen molar-refractivity contribution >= 4 is 17.8 Å². The first-order chi connectivity index (χ1) is 14.8. The zero-order valence-corrected chi connectivity index (χ0v) is 18.1. The Morgan fingerprint density at radius 2 is 1.77 bits per heavy atom. The van der Waals surface area contributed by atoms with Gasteiger partial charge in [0.15, 0.2) is 0 Å². The van der Waals surface area contributed by atoms with Gasteiger partial charge in [-0.3, -0.25) is 14.5 Å². The summed E-state index contributed by atoms with van der Waals surface area (Å²) in [6.45, 7) is 3.81. The molecule has 162 valence electrons. The fourth-order valence-electron chi connectivity index (χ4n) is 3.88. The summed E-state index contributed by atoms with van der Waals surface area (Å²) in [5, 5.41) is 2.77. The summed E-state index contributed by atoms with van der Waals surface area (Å²) in [4.78, 5) is 41.7. The average molecular weight is 421 g/mol. The van der Waals surface area contributed by atoms with Crippen molar-refractivity contribution in [3.8, 4) is 5.75 Å². The number of aryl methyl sites for hydroxylation is 1. The second-order valence-electron chi connectivity index (χ2n) is 8.41. The van der Waals surface area contributed by atoms with E-state index in [2.05, 4.69) is 5.32 Å². The Morgan fingerprint density at radius 3 is 2.35 bits per heavy atom. The summed E-state index contributed by atoms with van der Waals surface area (Å²) in [7, 11) is 1.61. The van der Waals surface area contributed by atoms with Gasteiger partial charge in [0.25, 0.3) is 5.91 Å². The van der Waals surface area contributed by atoms with Gasteiger partial charge in [-0.05, 0) is 49.9 Å². The third kappa shape index (κ3) is 4.13. The third-order valence-corrected chi connectivity index (χ3v) is 6.02. The number of carbonyl (C=O) groups excluding carboxylic acids is 3. The molecule has 0 aromatic heterocycles. The maximum atomic E-state index is 13.2. The molecule has 1 saturated heterocycles. The molecule has 0 bridgehead atoms. The molecule has 1 unspecified atom stereocenters. The van der Waals surface area contributed by atoms with Crippen molar-refractivity contribution in [1.82, 2.24) is 15.1 Å². The van der Waals surface area contributed by atoms with Crippen molar-refractivity contribution in [3.05, 3.63) is 65.2 Å². The van der Waals surface area contributed by atoms with Crippen molar-refractivity contribution < 1.29 is 19.1 Å². The topological polar surface area (TPSA) is 79.0 Å². The predicted molar refractivity (Wildman–Crippen MR) is 115 cm³/mol.